The van der Waals surface area contributed by atoms with Crippen LogP contribution in [-0.2, 0) is 0 Å². The Hall–Kier alpha value is -3.19. The summed E-state index contributed by atoms with van der Waals surface area (Å²) < 4.78 is 0. The zero-order valence-corrected chi connectivity index (χ0v) is 16.1. The molecule has 27 heavy (non-hydrogen) atoms. The van der Waals surface area contributed by atoms with Gasteiger partial charge in [-0.3, -0.25) is 10.1 Å². The molecule has 1 heterocycles. The Bertz CT molecular complexity index is 983. The topological polar surface area (TPSA) is 83.1 Å². The molecule has 0 bridgehead atoms. The van der Waals surface area contributed by atoms with Crippen LogP contribution in [0.4, 0.5) is 21.3 Å². The van der Waals surface area contributed by atoms with Gasteiger partial charge in [0.1, 0.15) is 4.88 Å². The van der Waals surface area contributed by atoms with Crippen LogP contribution in [0.2, 0.25) is 0 Å². The number of hydrogen-bond acceptors (Lipinski definition) is 4. The molecule has 3 rings (SSSR count). The van der Waals surface area contributed by atoms with E-state index in [-0.39, 0.29) is 5.91 Å². The molecule has 0 aliphatic heterocycles. The molecule has 138 valence electrons. The minimum absolute atomic E-state index is 0.246. The van der Waals surface area contributed by atoms with Crippen LogP contribution in [0.15, 0.2) is 48.5 Å². The van der Waals surface area contributed by atoms with Crippen molar-refractivity contribution in [2.24, 2.45) is 0 Å². The Morgan fingerprint density at radius 1 is 0.852 bits per heavy atom. The number of para-hydroxylation sites is 1. The lowest BCUT2D eigenvalue weighted by Crippen LogP contribution is -2.19. The summed E-state index contributed by atoms with van der Waals surface area (Å²) in [6.07, 6.45) is 0. The number of anilines is 3. The van der Waals surface area contributed by atoms with Gasteiger partial charge in [-0.25, -0.2) is 9.78 Å². The number of urea groups is 1. The van der Waals surface area contributed by atoms with Gasteiger partial charge in [-0.15, -0.1) is 0 Å². The summed E-state index contributed by atoms with van der Waals surface area (Å²) in [6, 6.07) is 14.5. The van der Waals surface area contributed by atoms with Crippen LogP contribution >= 0.6 is 11.3 Å². The van der Waals surface area contributed by atoms with Gasteiger partial charge in [0.05, 0.1) is 5.69 Å². The average molecular weight is 380 g/mol. The smallest absolute Gasteiger partial charge is 0.321 e. The molecule has 0 aliphatic carbocycles. The molecular formula is C20H20N4O2S. The highest BCUT2D eigenvalue weighted by atomic mass is 32.1. The first-order valence-electron chi connectivity index (χ1n) is 8.41. The first-order valence-corrected chi connectivity index (χ1v) is 9.23. The Labute approximate surface area is 161 Å². The van der Waals surface area contributed by atoms with Gasteiger partial charge in [-0.05, 0) is 56.2 Å². The van der Waals surface area contributed by atoms with Crippen molar-refractivity contribution in [2.45, 2.75) is 20.8 Å². The molecule has 0 atom stereocenters. The third-order valence-corrected chi connectivity index (χ3v) is 5.09. The third-order valence-electron chi connectivity index (χ3n) is 4.02. The van der Waals surface area contributed by atoms with Crippen LogP contribution in [0.25, 0.3) is 0 Å². The first-order chi connectivity index (χ1) is 12.9. The lowest BCUT2D eigenvalue weighted by atomic mass is 10.1. The molecule has 0 aliphatic rings. The van der Waals surface area contributed by atoms with Crippen molar-refractivity contribution >= 4 is 39.8 Å². The van der Waals surface area contributed by atoms with Crippen molar-refractivity contribution in [3.05, 3.63) is 70.2 Å². The van der Waals surface area contributed by atoms with Gasteiger partial charge in [-0.2, -0.15) is 0 Å². The number of nitrogens with one attached hydrogen (secondary N) is 3. The van der Waals surface area contributed by atoms with Gasteiger partial charge in [0.15, 0.2) is 5.13 Å². The molecule has 1 aromatic heterocycles. The summed E-state index contributed by atoms with van der Waals surface area (Å²) in [4.78, 5) is 29.4. The first kappa shape index (κ1) is 18.6. The summed E-state index contributed by atoms with van der Waals surface area (Å²) in [5, 5.41) is 8.62. The largest absolute Gasteiger partial charge is 0.325 e. The molecular weight excluding hydrogens is 360 g/mol. The molecule has 0 saturated carbocycles. The van der Waals surface area contributed by atoms with Crippen LogP contribution in [0.5, 0.6) is 0 Å². The van der Waals surface area contributed by atoms with Crippen molar-refractivity contribution < 1.29 is 9.59 Å². The lowest BCUT2D eigenvalue weighted by Gasteiger charge is -2.07. The lowest BCUT2D eigenvalue weighted by molar-refractivity contribution is 0.103. The van der Waals surface area contributed by atoms with E-state index in [0.29, 0.717) is 21.4 Å². The van der Waals surface area contributed by atoms with E-state index < -0.39 is 6.03 Å². The van der Waals surface area contributed by atoms with E-state index in [1.807, 2.05) is 50.2 Å². The van der Waals surface area contributed by atoms with E-state index in [2.05, 4.69) is 20.9 Å². The highest BCUT2D eigenvalue weighted by Gasteiger charge is 2.17. The molecule has 0 spiro atoms. The fraction of sp³-hybridized carbons (Fsp3) is 0.150. The second-order valence-corrected chi connectivity index (χ2v) is 7.13. The van der Waals surface area contributed by atoms with Gasteiger partial charge >= 0.3 is 6.03 Å². The number of carbonyl (C=O) groups excluding carboxylic acids is 2. The minimum Gasteiger partial charge on any atom is -0.321 e. The summed E-state index contributed by atoms with van der Waals surface area (Å²) >= 11 is 1.14. The number of thiazole rings is 1. The van der Waals surface area contributed by atoms with E-state index in [4.69, 9.17) is 0 Å². The second-order valence-electron chi connectivity index (χ2n) is 6.13. The van der Waals surface area contributed by atoms with E-state index >= 15 is 0 Å². The summed E-state index contributed by atoms with van der Waals surface area (Å²) in [5.41, 5.74) is 4.24. The number of rotatable bonds is 4. The zero-order chi connectivity index (χ0) is 19.4. The van der Waals surface area contributed by atoms with E-state index in [0.717, 1.165) is 28.2 Å². The van der Waals surface area contributed by atoms with Gasteiger partial charge in [0, 0.05) is 11.4 Å². The predicted molar refractivity (Wildman–Crippen MR) is 110 cm³/mol. The summed E-state index contributed by atoms with van der Waals surface area (Å²) in [7, 11) is 0. The summed E-state index contributed by atoms with van der Waals surface area (Å²) in [6.45, 7) is 5.76. The quantitative estimate of drug-likeness (QED) is 0.598. The summed E-state index contributed by atoms with van der Waals surface area (Å²) in [5.74, 6) is -0.246. The van der Waals surface area contributed by atoms with Gasteiger partial charge in [0.25, 0.3) is 5.91 Å². The number of hydrogen-bond donors (Lipinski definition) is 3. The van der Waals surface area contributed by atoms with Crippen molar-refractivity contribution in [3.63, 3.8) is 0 Å². The normalized spacial score (nSPS) is 10.3. The Kier molecular flexibility index (Phi) is 5.52. The minimum atomic E-state index is -0.406. The molecule has 0 saturated heterocycles. The molecule has 0 unspecified atom stereocenters. The SMILES string of the molecule is Cc1ccc(NC(=O)c2sc(NC(=O)Nc3ccccc3)nc2C)cc1C. The monoisotopic (exact) mass is 380 g/mol. The number of aromatic nitrogens is 1. The van der Waals surface area contributed by atoms with Crippen LogP contribution in [0.3, 0.4) is 0 Å². The van der Waals surface area contributed by atoms with Gasteiger partial charge < -0.3 is 10.6 Å². The zero-order valence-electron chi connectivity index (χ0n) is 15.3. The van der Waals surface area contributed by atoms with Crippen LogP contribution < -0.4 is 16.0 Å². The highest BCUT2D eigenvalue weighted by Crippen LogP contribution is 2.24. The number of nitrogens with zero attached hydrogens (tertiary/aromatic N) is 1. The standard InChI is InChI=1S/C20H20N4O2S/c1-12-9-10-16(11-13(12)2)22-18(25)17-14(3)21-20(27-17)24-19(26)23-15-7-5-4-6-8-15/h4-11H,1-3H3,(H,22,25)(H2,21,23,24,26). The Balaban J connectivity index is 1.67. The molecule has 2 aromatic carbocycles. The number of amides is 3. The van der Waals surface area contributed by atoms with E-state index in [1.165, 1.54) is 0 Å². The molecule has 6 nitrogen and oxygen atoms in total. The van der Waals surface area contributed by atoms with Crippen LogP contribution in [0.1, 0.15) is 26.5 Å². The number of carbonyl (C=O) groups is 2. The number of aryl methyl sites for hydroxylation is 3. The maximum atomic E-state index is 12.6. The average Bonchev–Trinajstić information content (AvgIpc) is 2.99. The molecule has 3 amide bonds. The fourth-order valence-electron chi connectivity index (χ4n) is 2.45. The third kappa shape index (κ3) is 4.71. The van der Waals surface area contributed by atoms with Crippen molar-refractivity contribution in [2.75, 3.05) is 16.0 Å². The molecule has 0 fully saturated rings. The van der Waals surface area contributed by atoms with Crippen molar-refractivity contribution in [1.29, 1.82) is 0 Å². The predicted octanol–water partition coefficient (Wildman–Crippen LogP) is 4.96. The van der Waals surface area contributed by atoms with Gasteiger partial charge in [0.2, 0.25) is 0 Å². The van der Waals surface area contributed by atoms with Crippen LogP contribution in [0, 0.1) is 20.8 Å². The molecule has 0 radical (unpaired) electrons. The maximum absolute atomic E-state index is 12.6. The Morgan fingerprint density at radius 2 is 1.59 bits per heavy atom. The fourth-order valence-corrected chi connectivity index (χ4v) is 3.31. The molecule has 7 heteroatoms. The molecule has 3 aromatic rings. The van der Waals surface area contributed by atoms with Crippen LogP contribution in [-0.4, -0.2) is 16.9 Å². The van der Waals surface area contributed by atoms with Gasteiger partial charge in [-0.1, -0.05) is 35.6 Å². The number of benzene rings is 2. The highest BCUT2D eigenvalue weighted by molar-refractivity contribution is 7.17. The second kappa shape index (κ2) is 8.01. The maximum Gasteiger partial charge on any atom is 0.325 e. The van der Waals surface area contributed by atoms with Crippen molar-refractivity contribution in [1.82, 2.24) is 4.98 Å². The van der Waals surface area contributed by atoms with Crippen molar-refractivity contribution in [3.8, 4) is 0 Å². The van der Waals surface area contributed by atoms with E-state index in [9.17, 15) is 9.59 Å². The Morgan fingerprint density at radius 3 is 2.30 bits per heavy atom. The molecule has 3 N–H and O–H groups in total. The van der Waals surface area contributed by atoms with E-state index in [1.54, 1.807) is 19.1 Å².